The van der Waals surface area contributed by atoms with E-state index in [1.54, 1.807) is 24.7 Å². The average Bonchev–Trinajstić information content (AvgIpc) is 3.42. The van der Waals surface area contributed by atoms with Gasteiger partial charge < -0.3 is 10.3 Å². The van der Waals surface area contributed by atoms with Gasteiger partial charge >= 0.3 is 0 Å². The molecule has 1 amide bonds. The van der Waals surface area contributed by atoms with Crippen LogP contribution in [0, 0.1) is 0 Å². The number of hydrogen-bond acceptors (Lipinski definition) is 4. The lowest BCUT2D eigenvalue weighted by Gasteiger charge is -2.05. The van der Waals surface area contributed by atoms with Crippen molar-refractivity contribution in [1.29, 1.82) is 0 Å². The summed E-state index contributed by atoms with van der Waals surface area (Å²) in [6.07, 6.45) is 5.03. The topological polar surface area (TPSA) is 99.4 Å². The van der Waals surface area contributed by atoms with Crippen LogP contribution in [-0.4, -0.2) is 31.1 Å². The minimum Gasteiger partial charge on any atom is -0.348 e. The molecule has 2 aromatic carbocycles. The van der Waals surface area contributed by atoms with E-state index in [1.807, 2.05) is 48.7 Å². The SMILES string of the molecule is O=C(NCc1ccc(Cl)nc1)c1cccc2[nH]cnc12.c1ccc2[nH]ncc2c1. The number of para-hydroxylation sites is 2. The number of aromatic nitrogens is 5. The Morgan fingerprint density at radius 1 is 0.966 bits per heavy atom. The van der Waals surface area contributed by atoms with Crippen molar-refractivity contribution in [3.05, 3.63) is 89.6 Å². The minimum atomic E-state index is -0.169. The third kappa shape index (κ3) is 4.41. The second-order valence-electron chi connectivity index (χ2n) is 6.23. The number of amides is 1. The number of fused-ring (bicyclic) bond motifs is 2. The van der Waals surface area contributed by atoms with Gasteiger partial charge in [0, 0.05) is 18.1 Å². The number of imidazole rings is 1. The van der Waals surface area contributed by atoms with Gasteiger partial charge in [0.2, 0.25) is 0 Å². The lowest BCUT2D eigenvalue weighted by molar-refractivity contribution is 0.0952. The highest BCUT2D eigenvalue weighted by atomic mass is 35.5. The Morgan fingerprint density at radius 3 is 2.66 bits per heavy atom. The van der Waals surface area contributed by atoms with Crippen molar-refractivity contribution >= 4 is 39.4 Å². The fourth-order valence-corrected chi connectivity index (χ4v) is 2.93. The van der Waals surface area contributed by atoms with Gasteiger partial charge in [-0.3, -0.25) is 9.89 Å². The molecule has 0 unspecified atom stereocenters. The molecular weight excluding hydrogens is 388 g/mol. The molecule has 3 aromatic heterocycles. The normalized spacial score (nSPS) is 10.5. The molecule has 0 atom stereocenters. The lowest BCUT2D eigenvalue weighted by atomic mass is 10.1. The Kier molecular flexibility index (Phi) is 5.49. The number of halogens is 1. The average molecular weight is 405 g/mol. The molecule has 29 heavy (non-hydrogen) atoms. The number of H-pyrrole nitrogens is 2. The first kappa shape index (κ1) is 18.6. The number of rotatable bonds is 3. The molecule has 144 valence electrons. The zero-order valence-electron chi connectivity index (χ0n) is 15.3. The highest BCUT2D eigenvalue weighted by Gasteiger charge is 2.11. The van der Waals surface area contributed by atoms with E-state index in [9.17, 15) is 4.79 Å². The van der Waals surface area contributed by atoms with Gasteiger partial charge in [-0.1, -0.05) is 41.9 Å². The van der Waals surface area contributed by atoms with Crippen LogP contribution >= 0.6 is 11.6 Å². The molecule has 0 radical (unpaired) electrons. The van der Waals surface area contributed by atoms with E-state index in [1.165, 1.54) is 0 Å². The maximum Gasteiger partial charge on any atom is 0.253 e. The fraction of sp³-hybridized carbons (Fsp3) is 0.0476. The van der Waals surface area contributed by atoms with Crippen molar-refractivity contribution in [2.24, 2.45) is 0 Å². The van der Waals surface area contributed by atoms with Crippen molar-refractivity contribution in [3.63, 3.8) is 0 Å². The van der Waals surface area contributed by atoms with Crippen LogP contribution in [0.25, 0.3) is 21.9 Å². The first-order valence-electron chi connectivity index (χ1n) is 8.89. The van der Waals surface area contributed by atoms with E-state index >= 15 is 0 Å². The summed E-state index contributed by atoms with van der Waals surface area (Å²) in [6, 6.07) is 17.0. The molecular formula is C21H17ClN6O. The molecule has 0 fully saturated rings. The van der Waals surface area contributed by atoms with Crippen molar-refractivity contribution in [3.8, 4) is 0 Å². The van der Waals surface area contributed by atoms with Gasteiger partial charge in [0.1, 0.15) is 10.7 Å². The van der Waals surface area contributed by atoms with Gasteiger partial charge in [-0.25, -0.2) is 9.97 Å². The van der Waals surface area contributed by atoms with E-state index in [2.05, 4.69) is 30.5 Å². The van der Waals surface area contributed by atoms with Gasteiger partial charge in [-0.15, -0.1) is 0 Å². The molecule has 0 aliphatic carbocycles. The second kappa shape index (κ2) is 8.53. The molecule has 0 aliphatic rings. The van der Waals surface area contributed by atoms with Crippen LogP contribution in [0.3, 0.4) is 0 Å². The monoisotopic (exact) mass is 404 g/mol. The van der Waals surface area contributed by atoms with Crippen LogP contribution in [0.2, 0.25) is 5.15 Å². The van der Waals surface area contributed by atoms with Crippen LogP contribution in [-0.2, 0) is 6.54 Å². The standard InChI is InChI=1S/C14H11ClN4O.C7H6N2/c15-12-5-4-9(6-16-12)7-17-14(20)10-2-1-3-11-13(10)19-8-18-11;1-2-4-7-6(3-1)5-8-9-7/h1-6,8H,7H2,(H,17,20)(H,18,19);1-5H,(H,8,9). The Bertz CT molecular complexity index is 1210. The summed E-state index contributed by atoms with van der Waals surface area (Å²) in [5.41, 5.74) is 4.03. The van der Waals surface area contributed by atoms with Crippen molar-refractivity contribution < 1.29 is 4.79 Å². The Labute approximate surface area is 171 Å². The Balaban J connectivity index is 0.000000188. The van der Waals surface area contributed by atoms with E-state index < -0.39 is 0 Å². The van der Waals surface area contributed by atoms with Crippen molar-refractivity contribution in [2.45, 2.75) is 6.54 Å². The number of pyridine rings is 1. The third-order valence-corrected chi connectivity index (χ3v) is 4.51. The number of aromatic amines is 2. The van der Waals surface area contributed by atoms with Gasteiger partial charge in [-0.05, 0) is 29.8 Å². The highest BCUT2D eigenvalue weighted by Crippen LogP contribution is 2.14. The van der Waals surface area contributed by atoms with Crippen LogP contribution in [0.15, 0.2) is 73.3 Å². The van der Waals surface area contributed by atoms with Gasteiger partial charge in [-0.2, -0.15) is 5.10 Å². The summed E-state index contributed by atoms with van der Waals surface area (Å²) in [5.74, 6) is -0.169. The van der Waals surface area contributed by atoms with E-state index in [0.29, 0.717) is 22.8 Å². The predicted molar refractivity (Wildman–Crippen MR) is 113 cm³/mol. The number of hydrogen-bond donors (Lipinski definition) is 3. The Morgan fingerprint density at radius 2 is 1.83 bits per heavy atom. The first-order valence-corrected chi connectivity index (χ1v) is 9.27. The van der Waals surface area contributed by atoms with Crippen molar-refractivity contribution in [2.75, 3.05) is 0 Å². The summed E-state index contributed by atoms with van der Waals surface area (Å²) in [4.78, 5) is 23.3. The Hall–Kier alpha value is -3.71. The predicted octanol–water partition coefficient (Wildman–Crippen LogP) is 4.10. The summed E-state index contributed by atoms with van der Waals surface area (Å²) in [7, 11) is 0. The molecule has 3 N–H and O–H groups in total. The zero-order chi connectivity index (χ0) is 20.1. The number of benzene rings is 2. The van der Waals surface area contributed by atoms with Gasteiger partial charge in [0.25, 0.3) is 5.91 Å². The molecule has 5 rings (SSSR count). The quantitative estimate of drug-likeness (QED) is 0.394. The number of carbonyl (C=O) groups is 1. The first-order chi connectivity index (χ1) is 14.2. The van der Waals surface area contributed by atoms with E-state index in [-0.39, 0.29) is 5.91 Å². The summed E-state index contributed by atoms with van der Waals surface area (Å²) in [5, 5.41) is 11.2. The molecule has 3 heterocycles. The van der Waals surface area contributed by atoms with E-state index in [4.69, 9.17) is 11.6 Å². The van der Waals surface area contributed by atoms with Gasteiger partial charge in [0.05, 0.1) is 29.1 Å². The zero-order valence-corrected chi connectivity index (χ0v) is 16.0. The second-order valence-corrected chi connectivity index (χ2v) is 6.62. The summed E-state index contributed by atoms with van der Waals surface area (Å²) >= 11 is 5.71. The molecule has 8 heteroatoms. The minimum absolute atomic E-state index is 0.169. The third-order valence-electron chi connectivity index (χ3n) is 4.29. The summed E-state index contributed by atoms with van der Waals surface area (Å²) < 4.78 is 0. The molecule has 0 bridgehead atoms. The maximum atomic E-state index is 12.2. The molecule has 0 saturated carbocycles. The fourth-order valence-electron chi connectivity index (χ4n) is 2.82. The van der Waals surface area contributed by atoms with E-state index in [0.717, 1.165) is 22.0 Å². The number of nitrogens with zero attached hydrogens (tertiary/aromatic N) is 3. The number of nitrogens with one attached hydrogen (secondary N) is 3. The van der Waals surface area contributed by atoms with Crippen LogP contribution in [0.1, 0.15) is 15.9 Å². The molecule has 0 saturated heterocycles. The van der Waals surface area contributed by atoms with Crippen LogP contribution < -0.4 is 5.32 Å². The smallest absolute Gasteiger partial charge is 0.253 e. The number of carbonyl (C=O) groups excluding carboxylic acids is 1. The van der Waals surface area contributed by atoms with Crippen molar-refractivity contribution in [1.82, 2.24) is 30.5 Å². The molecule has 0 spiro atoms. The summed E-state index contributed by atoms with van der Waals surface area (Å²) in [6.45, 7) is 0.393. The lowest BCUT2D eigenvalue weighted by Crippen LogP contribution is -2.23. The molecule has 0 aliphatic heterocycles. The van der Waals surface area contributed by atoms with Crippen LogP contribution in [0.4, 0.5) is 0 Å². The maximum absolute atomic E-state index is 12.2. The van der Waals surface area contributed by atoms with Crippen LogP contribution in [0.5, 0.6) is 0 Å². The molecule has 7 nitrogen and oxygen atoms in total. The highest BCUT2D eigenvalue weighted by molar-refractivity contribution is 6.29. The largest absolute Gasteiger partial charge is 0.348 e. The molecule has 5 aromatic rings. The van der Waals surface area contributed by atoms with Gasteiger partial charge in [0.15, 0.2) is 0 Å².